The molecule has 0 spiro atoms. The van der Waals surface area contributed by atoms with Crippen LogP contribution in [0.15, 0.2) is 18.2 Å². The molecule has 2 rings (SSSR count). The minimum absolute atomic E-state index is 0.179. The Morgan fingerprint density at radius 2 is 2.20 bits per heavy atom. The highest BCUT2D eigenvalue weighted by molar-refractivity contribution is 5.43. The number of rotatable bonds is 4. The Balaban J connectivity index is 2.21. The summed E-state index contributed by atoms with van der Waals surface area (Å²) < 4.78 is 13.0. The van der Waals surface area contributed by atoms with E-state index in [1.807, 2.05) is 0 Å². The lowest BCUT2D eigenvalue weighted by Crippen LogP contribution is -2.05. The van der Waals surface area contributed by atoms with Gasteiger partial charge in [0.2, 0.25) is 0 Å². The summed E-state index contributed by atoms with van der Waals surface area (Å²) in [6.07, 6.45) is 3.17. The van der Waals surface area contributed by atoms with Gasteiger partial charge in [0.1, 0.15) is 5.82 Å². The standard InChI is InChI=1S/C12H16FNO/c13-11-4-3-9(7-12(11)14)10(5-6-15)8-1-2-8/h3-4,7-8,10,15H,1-2,5-6,14H2/t10-/m0/s1. The monoisotopic (exact) mass is 209 g/mol. The first kappa shape index (κ1) is 10.4. The van der Waals surface area contributed by atoms with E-state index in [0.717, 1.165) is 12.0 Å². The van der Waals surface area contributed by atoms with Crippen molar-refractivity contribution in [1.82, 2.24) is 0 Å². The molecular weight excluding hydrogens is 193 g/mol. The second kappa shape index (κ2) is 4.19. The van der Waals surface area contributed by atoms with Crippen LogP contribution in [0.5, 0.6) is 0 Å². The van der Waals surface area contributed by atoms with Crippen molar-refractivity contribution in [3.63, 3.8) is 0 Å². The van der Waals surface area contributed by atoms with Crippen LogP contribution >= 0.6 is 0 Å². The van der Waals surface area contributed by atoms with Crippen molar-refractivity contribution in [2.45, 2.75) is 25.2 Å². The van der Waals surface area contributed by atoms with Crippen molar-refractivity contribution in [3.05, 3.63) is 29.6 Å². The highest BCUT2D eigenvalue weighted by atomic mass is 19.1. The Hall–Kier alpha value is -1.09. The summed E-state index contributed by atoms with van der Waals surface area (Å²) in [6.45, 7) is 0.179. The van der Waals surface area contributed by atoms with E-state index in [2.05, 4.69) is 0 Å². The van der Waals surface area contributed by atoms with Gasteiger partial charge in [-0.15, -0.1) is 0 Å². The van der Waals surface area contributed by atoms with Crippen LogP contribution in [0.25, 0.3) is 0 Å². The van der Waals surface area contributed by atoms with Gasteiger partial charge in [-0.1, -0.05) is 6.07 Å². The van der Waals surface area contributed by atoms with Crippen LogP contribution in [0.2, 0.25) is 0 Å². The van der Waals surface area contributed by atoms with Crippen LogP contribution in [0, 0.1) is 11.7 Å². The first-order valence-electron chi connectivity index (χ1n) is 5.38. The minimum Gasteiger partial charge on any atom is -0.396 e. The predicted octanol–water partition coefficient (Wildman–Crippen LogP) is 2.28. The van der Waals surface area contributed by atoms with Crippen LogP contribution in [0.3, 0.4) is 0 Å². The fourth-order valence-corrected chi connectivity index (χ4v) is 2.11. The van der Waals surface area contributed by atoms with E-state index in [1.165, 1.54) is 18.9 Å². The Morgan fingerprint density at radius 1 is 1.47 bits per heavy atom. The molecule has 0 saturated heterocycles. The van der Waals surface area contributed by atoms with Crippen LogP contribution in [0.4, 0.5) is 10.1 Å². The number of aliphatic hydroxyl groups is 1. The van der Waals surface area contributed by atoms with Crippen molar-refractivity contribution >= 4 is 5.69 Å². The number of anilines is 1. The minimum atomic E-state index is -0.364. The summed E-state index contributed by atoms with van der Waals surface area (Å²) in [5.41, 5.74) is 6.80. The van der Waals surface area contributed by atoms with E-state index < -0.39 is 0 Å². The van der Waals surface area contributed by atoms with E-state index in [9.17, 15) is 4.39 Å². The number of nitrogen functional groups attached to an aromatic ring is 1. The summed E-state index contributed by atoms with van der Waals surface area (Å²) in [4.78, 5) is 0. The summed E-state index contributed by atoms with van der Waals surface area (Å²) >= 11 is 0. The molecule has 2 nitrogen and oxygen atoms in total. The van der Waals surface area contributed by atoms with E-state index in [0.29, 0.717) is 11.8 Å². The van der Waals surface area contributed by atoms with Gasteiger partial charge in [-0.2, -0.15) is 0 Å². The van der Waals surface area contributed by atoms with E-state index in [4.69, 9.17) is 10.8 Å². The normalized spacial score (nSPS) is 17.7. The fourth-order valence-electron chi connectivity index (χ4n) is 2.11. The maximum atomic E-state index is 13.0. The topological polar surface area (TPSA) is 46.2 Å². The summed E-state index contributed by atoms with van der Waals surface area (Å²) in [5.74, 6) is 0.636. The number of hydrogen-bond donors (Lipinski definition) is 2. The second-order valence-corrected chi connectivity index (χ2v) is 4.24. The highest BCUT2D eigenvalue weighted by Crippen LogP contribution is 2.44. The number of hydrogen-bond acceptors (Lipinski definition) is 2. The van der Waals surface area contributed by atoms with Crippen molar-refractivity contribution in [2.75, 3.05) is 12.3 Å². The largest absolute Gasteiger partial charge is 0.396 e. The molecule has 1 fully saturated rings. The Bertz CT molecular complexity index is 349. The molecule has 0 aliphatic heterocycles. The molecule has 0 unspecified atom stereocenters. The summed E-state index contributed by atoms with van der Waals surface area (Å²) in [6, 6.07) is 4.90. The number of nitrogens with two attached hydrogens (primary N) is 1. The molecular formula is C12H16FNO. The van der Waals surface area contributed by atoms with Gasteiger partial charge in [-0.25, -0.2) is 4.39 Å². The van der Waals surface area contributed by atoms with Crippen molar-refractivity contribution < 1.29 is 9.50 Å². The molecule has 0 amide bonds. The summed E-state index contributed by atoms with van der Waals surface area (Å²) in [7, 11) is 0. The SMILES string of the molecule is Nc1cc([C@@H](CCO)C2CC2)ccc1F. The highest BCUT2D eigenvalue weighted by Gasteiger charge is 2.31. The molecule has 1 aliphatic rings. The average molecular weight is 209 g/mol. The molecule has 15 heavy (non-hydrogen) atoms. The zero-order chi connectivity index (χ0) is 10.8. The van der Waals surface area contributed by atoms with Crippen LogP contribution in [0.1, 0.15) is 30.7 Å². The van der Waals surface area contributed by atoms with Gasteiger partial charge in [0.15, 0.2) is 0 Å². The third-order valence-corrected chi connectivity index (χ3v) is 3.08. The van der Waals surface area contributed by atoms with Gasteiger partial charge in [-0.3, -0.25) is 0 Å². The maximum absolute atomic E-state index is 13.0. The third kappa shape index (κ3) is 2.29. The van der Waals surface area contributed by atoms with Gasteiger partial charge < -0.3 is 10.8 Å². The Morgan fingerprint density at radius 3 is 2.73 bits per heavy atom. The zero-order valence-electron chi connectivity index (χ0n) is 8.62. The van der Waals surface area contributed by atoms with Gasteiger partial charge in [-0.05, 0) is 48.8 Å². The first-order chi connectivity index (χ1) is 7.22. The molecule has 82 valence electrons. The molecule has 0 radical (unpaired) electrons. The molecule has 1 aromatic rings. The summed E-state index contributed by atoms with van der Waals surface area (Å²) in [5, 5.41) is 8.99. The fraction of sp³-hybridized carbons (Fsp3) is 0.500. The van der Waals surface area contributed by atoms with E-state index >= 15 is 0 Å². The lowest BCUT2D eigenvalue weighted by molar-refractivity contribution is 0.270. The lowest BCUT2D eigenvalue weighted by Gasteiger charge is -2.15. The Labute approximate surface area is 88.9 Å². The van der Waals surface area contributed by atoms with Crippen LogP contribution < -0.4 is 5.73 Å². The first-order valence-corrected chi connectivity index (χ1v) is 5.38. The second-order valence-electron chi connectivity index (χ2n) is 4.24. The molecule has 1 aromatic carbocycles. The van der Waals surface area contributed by atoms with Crippen molar-refractivity contribution in [3.8, 4) is 0 Å². The van der Waals surface area contributed by atoms with E-state index in [1.54, 1.807) is 12.1 Å². The van der Waals surface area contributed by atoms with Crippen LogP contribution in [-0.2, 0) is 0 Å². The molecule has 0 aromatic heterocycles. The van der Waals surface area contributed by atoms with Crippen molar-refractivity contribution in [2.24, 2.45) is 5.92 Å². The zero-order valence-corrected chi connectivity index (χ0v) is 8.62. The van der Waals surface area contributed by atoms with Crippen molar-refractivity contribution in [1.29, 1.82) is 0 Å². The van der Waals surface area contributed by atoms with E-state index in [-0.39, 0.29) is 18.1 Å². The van der Waals surface area contributed by atoms with Gasteiger partial charge in [0.25, 0.3) is 0 Å². The molecule has 3 N–H and O–H groups in total. The quantitative estimate of drug-likeness (QED) is 0.747. The van der Waals surface area contributed by atoms with Crippen LogP contribution in [-0.4, -0.2) is 11.7 Å². The Kier molecular flexibility index (Phi) is 2.91. The van der Waals surface area contributed by atoms with Gasteiger partial charge in [0, 0.05) is 6.61 Å². The number of aliphatic hydroxyl groups excluding tert-OH is 1. The molecule has 0 heterocycles. The molecule has 1 atom stereocenters. The molecule has 1 saturated carbocycles. The molecule has 0 bridgehead atoms. The van der Waals surface area contributed by atoms with Gasteiger partial charge in [0.05, 0.1) is 5.69 Å². The maximum Gasteiger partial charge on any atom is 0.146 e. The smallest absolute Gasteiger partial charge is 0.146 e. The number of halogens is 1. The average Bonchev–Trinajstić information content (AvgIpc) is 3.02. The molecule has 1 aliphatic carbocycles. The lowest BCUT2D eigenvalue weighted by atomic mass is 9.91. The third-order valence-electron chi connectivity index (χ3n) is 3.08. The van der Waals surface area contributed by atoms with Gasteiger partial charge >= 0.3 is 0 Å². The predicted molar refractivity (Wildman–Crippen MR) is 58.0 cm³/mol. The number of benzene rings is 1. The molecule has 3 heteroatoms.